The number of aliphatic hydroxyl groups excluding tert-OH is 1. The number of carbonyl (C=O) groups is 1. The van der Waals surface area contributed by atoms with E-state index in [0.717, 1.165) is 33.6 Å². The first-order valence-electron chi connectivity index (χ1n) is 10.5. The van der Waals surface area contributed by atoms with Crippen molar-refractivity contribution in [3.63, 3.8) is 0 Å². The lowest BCUT2D eigenvalue weighted by molar-refractivity contribution is -0.117. The average Bonchev–Trinajstić information content (AvgIpc) is 3.31. The van der Waals surface area contributed by atoms with Crippen molar-refractivity contribution in [1.82, 2.24) is 9.97 Å². The van der Waals surface area contributed by atoms with Gasteiger partial charge in [-0.25, -0.2) is 19.3 Å². The third-order valence-corrected chi connectivity index (χ3v) is 8.36. The molecule has 0 aliphatic carbocycles. The first kappa shape index (κ1) is 25.9. The molecular weight excluding hydrogens is 476 g/mol. The number of thiazole rings is 1. The Balaban J connectivity index is 2.01. The van der Waals surface area contributed by atoms with E-state index in [1.54, 1.807) is 12.3 Å². The Kier molecular flexibility index (Phi) is 7.84. The van der Waals surface area contributed by atoms with Crippen molar-refractivity contribution in [1.29, 1.82) is 0 Å². The van der Waals surface area contributed by atoms with Gasteiger partial charge in [-0.2, -0.15) is 0 Å². The molecule has 1 amide bonds. The van der Waals surface area contributed by atoms with Gasteiger partial charge >= 0.3 is 0 Å². The fourth-order valence-corrected chi connectivity index (χ4v) is 5.57. The highest BCUT2D eigenvalue weighted by Crippen LogP contribution is 2.32. The minimum absolute atomic E-state index is 0.0424. The summed E-state index contributed by atoms with van der Waals surface area (Å²) in [7, 11) is -2.06. The highest BCUT2D eigenvalue weighted by molar-refractivity contribution is 7.93. The summed E-state index contributed by atoms with van der Waals surface area (Å²) in [5.74, 6) is -0.0793. The Morgan fingerprint density at radius 1 is 1.32 bits per heavy atom. The molecule has 0 fully saturated rings. The molecule has 0 saturated carbocycles. The van der Waals surface area contributed by atoms with E-state index in [4.69, 9.17) is 9.88 Å². The van der Waals surface area contributed by atoms with Crippen molar-refractivity contribution in [2.24, 2.45) is 9.50 Å². The minimum atomic E-state index is -3.59. The van der Waals surface area contributed by atoms with Crippen LogP contribution in [0.1, 0.15) is 42.8 Å². The van der Waals surface area contributed by atoms with Crippen molar-refractivity contribution in [3.05, 3.63) is 58.9 Å². The molecule has 34 heavy (non-hydrogen) atoms. The van der Waals surface area contributed by atoms with Crippen LogP contribution in [0.3, 0.4) is 0 Å². The standard InChI is InChI=1S/C23H28N4O5S2/c1-14(2)16-6-5-7-17(15-8-9-25-20(10-15)32-4)18(16)11-19(29)27-34(24,31)21-12-26-22(33-21)23(3,30)13-28/h5-10,12,14,28,30H,11,13H2,1-4H3,(H2,24,27,29,31)/t23-,34?/m0/s1. The Labute approximate surface area is 203 Å². The maximum absolute atomic E-state index is 13.1. The highest BCUT2D eigenvalue weighted by atomic mass is 32.2. The Morgan fingerprint density at radius 3 is 2.71 bits per heavy atom. The van der Waals surface area contributed by atoms with Gasteiger partial charge < -0.3 is 14.9 Å². The van der Waals surface area contributed by atoms with Gasteiger partial charge in [0.2, 0.25) is 5.88 Å². The lowest BCUT2D eigenvalue weighted by atomic mass is 9.88. The Morgan fingerprint density at radius 2 is 2.06 bits per heavy atom. The minimum Gasteiger partial charge on any atom is -0.481 e. The zero-order valence-electron chi connectivity index (χ0n) is 19.4. The zero-order valence-corrected chi connectivity index (χ0v) is 21.0. The molecule has 0 bridgehead atoms. The van der Waals surface area contributed by atoms with Gasteiger partial charge in [-0.15, -0.1) is 15.7 Å². The number of aromatic nitrogens is 2. The second kappa shape index (κ2) is 10.3. The van der Waals surface area contributed by atoms with Crippen LogP contribution in [-0.4, -0.2) is 44.0 Å². The number of carbonyl (C=O) groups excluding carboxylic acids is 1. The monoisotopic (exact) mass is 504 g/mol. The van der Waals surface area contributed by atoms with Crippen LogP contribution in [0.5, 0.6) is 5.88 Å². The second-order valence-electron chi connectivity index (χ2n) is 8.26. The maximum Gasteiger partial charge on any atom is 0.259 e. The summed E-state index contributed by atoms with van der Waals surface area (Å²) in [5, 5.41) is 25.5. The van der Waals surface area contributed by atoms with E-state index in [9.17, 15) is 19.2 Å². The number of amides is 1. The molecule has 11 heteroatoms. The van der Waals surface area contributed by atoms with Gasteiger partial charge in [-0.1, -0.05) is 32.0 Å². The number of pyridine rings is 1. The van der Waals surface area contributed by atoms with Crippen molar-refractivity contribution in [2.45, 2.75) is 42.9 Å². The van der Waals surface area contributed by atoms with Gasteiger partial charge in [0.1, 0.15) is 14.8 Å². The summed E-state index contributed by atoms with van der Waals surface area (Å²) < 4.78 is 22.2. The van der Waals surface area contributed by atoms with E-state index < -0.39 is 28.0 Å². The first-order chi connectivity index (χ1) is 16.0. The molecule has 3 rings (SSSR count). The van der Waals surface area contributed by atoms with E-state index in [1.807, 2.05) is 38.1 Å². The van der Waals surface area contributed by atoms with E-state index in [0.29, 0.717) is 5.88 Å². The summed E-state index contributed by atoms with van der Waals surface area (Å²) in [6, 6.07) is 9.37. The predicted octanol–water partition coefficient (Wildman–Crippen LogP) is 3.01. The average molecular weight is 505 g/mol. The van der Waals surface area contributed by atoms with Crippen molar-refractivity contribution < 1.29 is 24.0 Å². The Bertz CT molecular complexity index is 1310. The molecule has 3 aromatic rings. The number of nitrogens with two attached hydrogens (primary N) is 1. The van der Waals surface area contributed by atoms with Crippen LogP contribution in [0.25, 0.3) is 11.1 Å². The summed E-state index contributed by atoms with van der Waals surface area (Å²) in [4.78, 5) is 21.1. The first-order valence-corrected chi connectivity index (χ1v) is 12.9. The van der Waals surface area contributed by atoms with Gasteiger partial charge in [0, 0.05) is 12.3 Å². The van der Waals surface area contributed by atoms with Crippen LogP contribution in [0, 0.1) is 0 Å². The van der Waals surface area contributed by atoms with Crippen molar-refractivity contribution >= 4 is 27.2 Å². The topological polar surface area (TPSA) is 148 Å². The molecule has 0 spiro atoms. The van der Waals surface area contributed by atoms with Gasteiger partial charge in [0.15, 0.2) is 9.92 Å². The van der Waals surface area contributed by atoms with Gasteiger partial charge in [0.05, 0.1) is 26.3 Å². The summed E-state index contributed by atoms with van der Waals surface area (Å²) >= 11 is 0.843. The number of aliphatic hydroxyl groups is 2. The van der Waals surface area contributed by atoms with Crippen LogP contribution in [0.2, 0.25) is 0 Å². The van der Waals surface area contributed by atoms with E-state index >= 15 is 0 Å². The van der Waals surface area contributed by atoms with Crippen LogP contribution in [0.4, 0.5) is 0 Å². The summed E-state index contributed by atoms with van der Waals surface area (Å²) in [6.45, 7) is 4.84. The van der Waals surface area contributed by atoms with Crippen LogP contribution in [-0.2, 0) is 26.7 Å². The van der Waals surface area contributed by atoms with Crippen LogP contribution < -0.4 is 9.88 Å². The lowest BCUT2D eigenvalue weighted by Gasteiger charge is -2.17. The number of ether oxygens (including phenoxy) is 1. The Hall–Kier alpha value is -2.70. The highest BCUT2D eigenvalue weighted by Gasteiger charge is 2.28. The quantitative estimate of drug-likeness (QED) is 0.427. The maximum atomic E-state index is 13.1. The van der Waals surface area contributed by atoms with Crippen LogP contribution in [0.15, 0.2) is 51.3 Å². The molecule has 182 valence electrons. The third-order valence-electron chi connectivity index (χ3n) is 5.20. The molecule has 1 unspecified atom stereocenters. The molecular formula is C23H28N4O5S2. The largest absolute Gasteiger partial charge is 0.481 e. The van der Waals surface area contributed by atoms with Gasteiger partial charge in [0.25, 0.3) is 5.91 Å². The van der Waals surface area contributed by atoms with Crippen molar-refractivity contribution in [2.75, 3.05) is 13.7 Å². The molecule has 4 N–H and O–H groups in total. The molecule has 2 heterocycles. The number of methoxy groups -OCH3 is 1. The molecule has 2 aromatic heterocycles. The van der Waals surface area contributed by atoms with E-state index in [2.05, 4.69) is 14.3 Å². The van der Waals surface area contributed by atoms with Gasteiger partial charge in [-0.05, 0) is 41.2 Å². The van der Waals surface area contributed by atoms with E-state index in [-0.39, 0.29) is 21.6 Å². The fraction of sp³-hybridized carbons (Fsp3) is 0.348. The predicted molar refractivity (Wildman–Crippen MR) is 131 cm³/mol. The fourth-order valence-electron chi connectivity index (χ4n) is 3.39. The summed E-state index contributed by atoms with van der Waals surface area (Å²) in [5.41, 5.74) is 1.74. The number of nitrogens with zero attached hydrogens (tertiary/aromatic N) is 3. The second-order valence-corrected chi connectivity index (χ2v) is 11.3. The van der Waals surface area contributed by atoms with Gasteiger partial charge in [-0.3, -0.25) is 4.79 Å². The number of benzene rings is 1. The molecule has 0 saturated heterocycles. The van der Waals surface area contributed by atoms with Crippen LogP contribution >= 0.6 is 11.3 Å². The lowest BCUT2D eigenvalue weighted by Crippen LogP contribution is -2.25. The number of hydrogen-bond acceptors (Lipinski definition) is 8. The summed E-state index contributed by atoms with van der Waals surface area (Å²) in [6.07, 6.45) is 2.73. The SMILES string of the molecule is COc1cc(-c2cccc(C(C)C)c2CC(=O)N=S(N)(=O)c2cnc([C@@](C)(O)CO)s2)ccn1. The number of hydrogen-bond donors (Lipinski definition) is 3. The smallest absolute Gasteiger partial charge is 0.259 e. The molecule has 1 aromatic carbocycles. The van der Waals surface area contributed by atoms with E-state index in [1.165, 1.54) is 20.2 Å². The number of rotatable bonds is 8. The molecule has 0 aliphatic heterocycles. The van der Waals surface area contributed by atoms with Crippen molar-refractivity contribution in [3.8, 4) is 17.0 Å². The normalized spacial score (nSPS) is 14.9. The third kappa shape index (κ3) is 5.68. The molecule has 0 radical (unpaired) electrons. The zero-order chi connectivity index (χ0) is 25.1. The molecule has 9 nitrogen and oxygen atoms in total. The molecule has 2 atom stereocenters. The molecule has 0 aliphatic rings.